The van der Waals surface area contributed by atoms with Gasteiger partial charge >= 0.3 is 5.97 Å². The van der Waals surface area contributed by atoms with Crippen molar-refractivity contribution in [2.24, 2.45) is 0 Å². The summed E-state index contributed by atoms with van der Waals surface area (Å²) in [6.45, 7) is 2.14. The molecule has 1 unspecified atom stereocenters. The fourth-order valence-electron chi connectivity index (χ4n) is 2.98. The minimum Gasteiger partial charge on any atom is -0.480 e. The van der Waals surface area contributed by atoms with Gasteiger partial charge in [0.1, 0.15) is 5.92 Å². The van der Waals surface area contributed by atoms with Crippen LogP contribution in [-0.4, -0.2) is 22.8 Å². The third-order valence-electron chi connectivity index (χ3n) is 4.28. The molecule has 5 heteroatoms. The zero-order valence-electron chi connectivity index (χ0n) is 13.2. The molecular weight excluding hydrogens is 306 g/mol. The number of benzene rings is 2. The third kappa shape index (κ3) is 2.69. The first kappa shape index (κ1) is 15.9. The van der Waals surface area contributed by atoms with E-state index in [-0.39, 0.29) is 18.1 Å². The SMILES string of the molecule is CCC(=O)C(C(=O)O)c1ccc(N2Cc3ccccc3C2=O)cc1. The second-order valence-corrected chi connectivity index (χ2v) is 5.73. The quantitative estimate of drug-likeness (QED) is 0.858. The molecule has 1 aliphatic rings. The summed E-state index contributed by atoms with van der Waals surface area (Å²) in [7, 11) is 0. The number of fused-ring (bicyclic) bond motifs is 1. The number of ketones is 1. The molecule has 0 aromatic heterocycles. The lowest BCUT2D eigenvalue weighted by atomic mass is 9.93. The van der Waals surface area contributed by atoms with E-state index < -0.39 is 11.9 Å². The Morgan fingerprint density at radius 1 is 1.12 bits per heavy atom. The monoisotopic (exact) mass is 323 g/mol. The van der Waals surface area contributed by atoms with Gasteiger partial charge in [-0.05, 0) is 29.3 Å². The number of carbonyl (C=O) groups excluding carboxylic acids is 2. The molecular formula is C19H17NO4. The van der Waals surface area contributed by atoms with Crippen LogP contribution in [0.2, 0.25) is 0 Å². The van der Waals surface area contributed by atoms with Gasteiger partial charge in [-0.2, -0.15) is 0 Å². The van der Waals surface area contributed by atoms with Gasteiger partial charge in [-0.15, -0.1) is 0 Å². The van der Waals surface area contributed by atoms with Crippen LogP contribution in [0.25, 0.3) is 0 Å². The maximum absolute atomic E-state index is 12.5. The number of hydrogen-bond donors (Lipinski definition) is 1. The van der Waals surface area contributed by atoms with E-state index in [0.29, 0.717) is 23.4 Å². The summed E-state index contributed by atoms with van der Waals surface area (Å²) in [6, 6.07) is 14.0. The second kappa shape index (κ2) is 6.28. The highest BCUT2D eigenvalue weighted by atomic mass is 16.4. The fraction of sp³-hybridized carbons (Fsp3) is 0.211. The largest absolute Gasteiger partial charge is 0.480 e. The first-order chi connectivity index (χ1) is 11.5. The minimum atomic E-state index is -1.16. The smallest absolute Gasteiger partial charge is 0.318 e. The first-order valence-electron chi connectivity index (χ1n) is 7.78. The number of nitrogens with zero attached hydrogens (tertiary/aromatic N) is 1. The molecule has 0 radical (unpaired) electrons. The van der Waals surface area contributed by atoms with Crippen molar-refractivity contribution in [1.29, 1.82) is 0 Å². The highest BCUT2D eigenvalue weighted by Crippen LogP contribution is 2.29. The van der Waals surface area contributed by atoms with Crippen molar-refractivity contribution in [3.05, 3.63) is 65.2 Å². The number of aliphatic carboxylic acids is 1. The minimum absolute atomic E-state index is 0.0715. The van der Waals surface area contributed by atoms with Crippen molar-refractivity contribution in [3.8, 4) is 0 Å². The Morgan fingerprint density at radius 3 is 2.38 bits per heavy atom. The molecule has 0 aliphatic carbocycles. The van der Waals surface area contributed by atoms with Crippen LogP contribution in [0.3, 0.4) is 0 Å². The molecule has 1 atom stereocenters. The summed E-state index contributed by atoms with van der Waals surface area (Å²) in [5.74, 6) is -2.72. The van der Waals surface area contributed by atoms with Crippen molar-refractivity contribution in [3.63, 3.8) is 0 Å². The van der Waals surface area contributed by atoms with Crippen LogP contribution >= 0.6 is 0 Å². The molecule has 24 heavy (non-hydrogen) atoms. The molecule has 2 aromatic carbocycles. The highest BCUT2D eigenvalue weighted by Gasteiger charge is 2.29. The van der Waals surface area contributed by atoms with E-state index in [1.165, 1.54) is 0 Å². The van der Waals surface area contributed by atoms with E-state index in [1.54, 1.807) is 42.2 Å². The molecule has 0 saturated carbocycles. The van der Waals surface area contributed by atoms with E-state index in [2.05, 4.69) is 0 Å². The van der Waals surface area contributed by atoms with Crippen LogP contribution in [0.15, 0.2) is 48.5 Å². The lowest BCUT2D eigenvalue weighted by molar-refractivity contribution is -0.142. The van der Waals surface area contributed by atoms with E-state index in [1.807, 2.05) is 18.2 Å². The van der Waals surface area contributed by atoms with Crippen molar-refractivity contribution >= 4 is 23.3 Å². The van der Waals surface area contributed by atoms with E-state index in [4.69, 9.17) is 0 Å². The molecule has 5 nitrogen and oxygen atoms in total. The Bertz CT molecular complexity index is 810. The van der Waals surface area contributed by atoms with Crippen molar-refractivity contribution < 1.29 is 19.5 Å². The summed E-state index contributed by atoms with van der Waals surface area (Å²) in [5, 5.41) is 9.28. The van der Waals surface area contributed by atoms with E-state index >= 15 is 0 Å². The third-order valence-corrected chi connectivity index (χ3v) is 4.28. The number of hydrogen-bond acceptors (Lipinski definition) is 3. The van der Waals surface area contributed by atoms with Crippen LogP contribution in [0.1, 0.15) is 40.7 Å². The Morgan fingerprint density at radius 2 is 1.79 bits per heavy atom. The lowest BCUT2D eigenvalue weighted by Gasteiger charge is -2.17. The molecule has 3 rings (SSSR count). The van der Waals surface area contributed by atoms with Crippen molar-refractivity contribution in [2.75, 3.05) is 4.90 Å². The van der Waals surface area contributed by atoms with Gasteiger partial charge in [-0.1, -0.05) is 37.3 Å². The Kier molecular flexibility index (Phi) is 4.16. The van der Waals surface area contributed by atoms with Crippen LogP contribution in [0.4, 0.5) is 5.69 Å². The molecule has 2 aromatic rings. The Balaban J connectivity index is 1.87. The summed E-state index contributed by atoms with van der Waals surface area (Å²) < 4.78 is 0. The van der Waals surface area contributed by atoms with Gasteiger partial charge in [0.15, 0.2) is 5.78 Å². The Hall–Kier alpha value is -2.95. The number of amides is 1. The average molecular weight is 323 g/mol. The summed E-state index contributed by atoms with van der Waals surface area (Å²) in [6.07, 6.45) is 0.165. The van der Waals surface area contributed by atoms with Gasteiger partial charge in [0.05, 0.1) is 6.54 Å². The zero-order chi connectivity index (χ0) is 17.3. The maximum Gasteiger partial charge on any atom is 0.318 e. The van der Waals surface area contributed by atoms with E-state index in [0.717, 1.165) is 5.56 Å². The maximum atomic E-state index is 12.5. The average Bonchev–Trinajstić information content (AvgIpc) is 2.92. The molecule has 1 aliphatic heterocycles. The van der Waals surface area contributed by atoms with Gasteiger partial charge in [0, 0.05) is 17.7 Å². The van der Waals surface area contributed by atoms with Gasteiger partial charge < -0.3 is 10.0 Å². The summed E-state index contributed by atoms with van der Waals surface area (Å²) in [4.78, 5) is 37.3. The number of carbonyl (C=O) groups is 3. The fourth-order valence-corrected chi connectivity index (χ4v) is 2.98. The summed E-state index contributed by atoms with van der Waals surface area (Å²) >= 11 is 0. The molecule has 1 heterocycles. The molecule has 122 valence electrons. The normalized spacial score (nSPS) is 14.4. The van der Waals surface area contributed by atoms with E-state index in [9.17, 15) is 19.5 Å². The topological polar surface area (TPSA) is 74.7 Å². The molecule has 0 bridgehead atoms. The summed E-state index contributed by atoms with van der Waals surface area (Å²) in [5.41, 5.74) is 2.78. The van der Waals surface area contributed by atoms with Gasteiger partial charge in [0.2, 0.25) is 0 Å². The van der Waals surface area contributed by atoms with Gasteiger partial charge in [-0.3, -0.25) is 14.4 Å². The number of Topliss-reactive ketones (excluding diaryl/α,β-unsaturated/α-hetero) is 1. The second-order valence-electron chi connectivity index (χ2n) is 5.73. The molecule has 0 spiro atoms. The number of anilines is 1. The number of rotatable bonds is 5. The molecule has 0 fully saturated rings. The van der Waals surface area contributed by atoms with Crippen molar-refractivity contribution in [2.45, 2.75) is 25.8 Å². The highest BCUT2D eigenvalue weighted by molar-refractivity contribution is 6.10. The molecule has 1 amide bonds. The zero-order valence-corrected chi connectivity index (χ0v) is 13.2. The molecule has 1 N–H and O–H groups in total. The Labute approximate surface area is 139 Å². The van der Waals surface area contributed by atoms with Crippen LogP contribution in [-0.2, 0) is 16.1 Å². The number of carboxylic acids is 1. The van der Waals surface area contributed by atoms with Crippen molar-refractivity contribution in [1.82, 2.24) is 0 Å². The predicted octanol–water partition coefficient (Wildman–Crippen LogP) is 2.99. The standard InChI is InChI=1S/C19H17NO4/c1-2-16(21)17(19(23)24)12-7-9-14(10-8-12)20-11-13-5-3-4-6-15(13)18(20)22/h3-10,17H,2,11H2,1H3,(H,23,24). The number of carboxylic acid groups (broad SMARTS) is 1. The van der Waals surface area contributed by atoms with Crippen LogP contribution < -0.4 is 4.90 Å². The predicted molar refractivity (Wildman–Crippen MR) is 89.1 cm³/mol. The lowest BCUT2D eigenvalue weighted by Crippen LogP contribution is -2.24. The molecule has 0 saturated heterocycles. The van der Waals surface area contributed by atoms with Crippen LogP contribution in [0, 0.1) is 0 Å². The van der Waals surface area contributed by atoms with Gasteiger partial charge in [0.25, 0.3) is 5.91 Å². The first-order valence-corrected chi connectivity index (χ1v) is 7.78. The van der Waals surface area contributed by atoms with Crippen LogP contribution in [0.5, 0.6) is 0 Å². The van der Waals surface area contributed by atoms with Gasteiger partial charge in [-0.25, -0.2) is 0 Å².